The fourth-order valence-corrected chi connectivity index (χ4v) is 1.93. The highest BCUT2D eigenvalue weighted by atomic mass is 15.1. The van der Waals surface area contributed by atoms with Gasteiger partial charge in [0.25, 0.3) is 0 Å². The molecule has 0 amide bonds. The number of rotatable bonds is 0. The van der Waals surface area contributed by atoms with Crippen LogP contribution in [-0.4, -0.2) is 23.5 Å². The van der Waals surface area contributed by atoms with Crippen LogP contribution in [0.2, 0.25) is 0 Å². The summed E-state index contributed by atoms with van der Waals surface area (Å²) >= 11 is 0. The number of aromatic nitrogens is 1. The minimum absolute atomic E-state index is 0.547. The highest BCUT2D eigenvalue weighted by molar-refractivity contribution is 5.31. The first kappa shape index (κ1) is 12.2. The van der Waals surface area contributed by atoms with Gasteiger partial charge in [-0.25, -0.2) is 0 Å². The van der Waals surface area contributed by atoms with Crippen molar-refractivity contribution in [2.45, 2.75) is 40.2 Å². The molecule has 2 heteroatoms. The molecule has 1 aliphatic heterocycles. The number of likely N-dealkylation sites (N-methyl/N-ethyl adjacent to an activating group) is 1. The highest BCUT2D eigenvalue weighted by Gasteiger charge is 2.20. The van der Waals surface area contributed by atoms with Crippen molar-refractivity contribution in [3.8, 4) is 0 Å². The van der Waals surface area contributed by atoms with E-state index in [1.807, 2.05) is 20.0 Å². The van der Waals surface area contributed by atoms with Crippen LogP contribution in [0.15, 0.2) is 12.3 Å². The molecule has 0 saturated heterocycles. The normalized spacial score (nSPS) is 20.2. The van der Waals surface area contributed by atoms with Gasteiger partial charge in [-0.3, -0.25) is 9.88 Å². The van der Waals surface area contributed by atoms with Crippen molar-refractivity contribution in [1.82, 2.24) is 9.88 Å². The summed E-state index contributed by atoms with van der Waals surface area (Å²) in [5.41, 5.74) is 4.01. The lowest BCUT2D eigenvalue weighted by atomic mass is 9.95. The standard InChI is InChI=1S/C11H16N2.C2H6/c1-8-6-11-9(2)13(3)5-4-10(11)7-12-8;1-2/h6-7,9H,4-5H2,1-3H3;1-2H3. The lowest BCUT2D eigenvalue weighted by molar-refractivity contribution is 0.247. The van der Waals surface area contributed by atoms with E-state index in [1.165, 1.54) is 11.1 Å². The largest absolute Gasteiger partial charge is 0.299 e. The van der Waals surface area contributed by atoms with E-state index in [-0.39, 0.29) is 0 Å². The first-order chi connectivity index (χ1) is 7.18. The number of nitrogens with zero attached hydrogens (tertiary/aromatic N) is 2. The van der Waals surface area contributed by atoms with Crippen molar-refractivity contribution < 1.29 is 0 Å². The summed E-state index contributed by atoms with van der Waals surface area (Å²) in [7, 11) is 2.18. The van der Waals surface area contributed by atoms with E-state index >= 15 is 0 Å². The third kappa shape index (κ3) is 2.57. The minimum Gasteiger partial charge on any atom is -0.299 e. The van der Waals surface area contributed by atoms with Gasteiger partial charge in [0.05, 0.1) is 0 Å². The molecule has 2 nitrogen and oxygen atoms in total. The number of hydrogen-bond donors (Lipinski definition) is 0. The van der Waals surface area contributed by atoms with Gasteiger partial charge >= 0.3 is 0 Å². The van der Waals surface area contributed by atoms with E-state index in [0.717, 1.165) is 18.7 Å². The summed E-state index contributed by atoms with van der Waals surface area (Å²) in [5.74, 6) is 0. The molecule has 84 valence electrons. The number of hydrogen-bond acceptors (Lipinski definition) is 2. The van der Waals surface area contributed by atoms with Gasteiger partial charge in [0, 0.05) is 24.5 Å². The molecule has 0 spiro atoms. The fourth-order valence-electron chi connectivity index (χ4n) is 1.93. The highest BCUT2D eigenvalue weighted by Crippen LogP contribution is 2.27. The Bertz CT molecular complexity index is 320. The molecule has 0 fully saturated rings. The molecule has 2 heterocycles. The molecule has 0 radical (unpaired) electrons. The molecule has 0 N–H and O–H groups in total. The molecule has 1 atom stereocenters. The quantitative estimate of drug-likeness (QED) is 0.649. The Morgan fingerprint density at radius 1 is 1.40 bits per heavy atom. The van der Waals surface area contributed by atoms with Gasteiger partial charge in [-0.15, -0.1) is 0 Å². The van der Waals surface area contributed by atoms with Crippen molar-refractivity contribution in [3.05, 3.63) is 29.1 Å². The van der Waals surface area contributed by atoms with Crippen molar-refractivity contribution in [3.63, 3.8) is 0 Å². The molecule has 2 rings (SSSR count). The van der Waals surface area contributed by atoms with Crippen LogP contribution in [-0.2, 0) is 6.42 Å². The lowest BCUT2D eigenvalue weighted by Gasteiger charge is -2.31. The maximum atomic E-state index is 4.33. The van der Waals surface area contributed by atoms with Crippen molar-refractivity contribution in [1.29, 1.82) is 0 Å². The summed E-state index contributed by atoms with van der Waals surface area (Å²) in [4.78, 5) is 6.72. The van der Waals surface area contributed by atoms with Gasteiger partial charge < -0.3 is 0 Å². The minimum atomic E-state index is 0.547. The van der Waals surface area contributed by atoms with Gasteiger partial charge in [0.2, 0.25) is 0 Å². The maximum absolute atomic E-state index is 4.33. The lowest BCUT2D eigenvalue weighted by Crippen LogP contribution is -2.30. The zero-order chi connectivity index (χ0) is 11.4. The van der Waals surface area contributed by atoms with Crippen LogP contribution in [0.3, 0.4) is 0 Å². The van der Waals surface area contributed by atoms with Gasteiger partial charge in [-0.1, -0.05) is 13.8 Å². The average molecular weight is 206 g/mol. The molecule has 0 aromatic carbocycles. The Kier molecular flexibility index (Phi) is 4.28. The summed E-state index contributed by atoms with van der Waals surface area (Å²) < 4.78 is 0. The first-order valence-electron chi connectivity index (χ1n) is 5.84. The third-order valence-electron chi connectivity index (χ3n) is 3.00. The van der Waals surface area contributed by atoms with Crippen LogP contribution in [0.4, 0.5) is 0 Å². The van der Waals surface area contributed by atoms with Crippen molar-refractivity contribution >= 4 is 0 Å². The number of fused-ring (bicyclic) bond motifs is 1. The molecule has 1 aliphatic rings. The van der Waals surface area contributed by atoms with E-state index in [4.69, 9.17) is 0 Å². The van der Waals surface area contributed by atoms with Crippen LogP contribution < -0.4 is 0 Å². The maximum Gasteiger partial charge on any atom is 0.0376 e. The van der Waals surface area contributed by atoms with Crippen LogP contribution in [0.5, 0.6) is 0 Å². The molecule has 1 unspecified atom stereocenters. The first-order valence-corrected chi connectivity index (χ1v) is 5.84. The number of aryl methyl sites for hydroxylation is 1. The van der Waals surface area contributed by atoms with Crippen LogP contribution >= 0.6 is 0 Å². The van der Waals surface area contributed by atoms with Gasteiger partial charge in [0.1, 0.15) is 0 Å². The summed E-state index contributed by atoms with van der Waals surface area (Å²) in [5, 5.41) is 0. The van der Waals surface area contributed by atoms with Crippen molar-refractivity contribution in [2.24, 2.45) is 0 Å². The topological polar surface area (TPSA) is 16.1 Å². The Balaban J connectivity index is 0.000000531. The van der Waals surface area contributed by atoms with E-state index in [1.54, 1.807) is 0 Å². The van der Waals surface area contributed by atoms with Gasteiger partial charge in [-0.2, -0.15) is 0 Å². The van der Waals surface area contributed by atoms with Crippen LogP contribution in [0.1, 0.15) is 43.6 Å². The van der Waals surface area contributed by atoms with E-state index in [0.29, 0.717) is 6.04 Å². The molecule has 1 aromatic rings. The number of pyridine rings is 1. The predicted octanol–water partition coefficient (Wildman–Crippen LogP) is 2.97. The molecule has 0 bridgehead atoms. The van der Waals surface area contributed by atoms with E-state index in [9.17, 15) is 0 Å². The van der Waals surface area contributed by atoms with Crippen LogP contribution in [0, 0.1) is 6.92 Å². The zero-order valence-electron chi connectivity index (χ0n) is 10.5. The smallest absolute Gasteiger partial charge is 0.0376 e. The molecule has 1 aromatic heterocycles. The monoisotopic (exact) mass is 206 g/mol. The fraction of sp³-hybridized carbons (Fsp3) is 0.615. The molecular formula is C13H22N2. The Hall–Kier alpha value is -0.890. The van der Waals surface area contributed by atoms with Gasteiger partial charge in [-0.05, 0) is 44.5 Å². The molecule has 0 aliphatic carbocycles. The zero-order valence-corrected chi connectivity index (χ0v) is 10.5. The third-order valence-corrected chi connectivity index (χ3v) is 3.00. The Morgan fingerprint density at radius 3 is 2.73 bits per heavy atom. The summed E-state index contributed by atoms with van der Waals surface area (Å²) in [6, 6.07) is 2.76. The molecular weight excluding hydrogens is 184 g/mol. The molecule has 15 heavy (non-hydrogen) atoms. The van der Waals surface area contributed by atoms with Gasteiger partial charge in [0.15, 0.2) is 0 Å². The second kappa shape index (κ2) is 5.26. The SMILES string of the molecule is CC.Cc1cc2c(cn1)CCN(C)C2C. The van der Waals surface area contributed by atoms with Crippen molar-refractivity contribution in [2.75, 3.05) is 13.6 Å². The average Bonchev–Trinajstić information content (AvgIpc) is 2.27. The Morgan fingerprint density at radius 2 is 2.07 bits per heavy atom. The summed E-state index contributed by atoms with van der Waals surface area (Å²) in [6.45, 7) is 9.47. The second-order valence-corrected chi connectivity index (χ2v) is 3.93. The van der Waals surface area contributed by atoms with E-state index < -0.39 is 0 Å². The van der Waals surface area contributed by atoms with Crippen LogP contribution in [0.25, 0.3) is 0 Å². The van der Waals surface area contributed by atoms with E-state index in [2.05, 4.69) is 36.8 Å². The predicted molar refractivity (Wildman–Crippen MR) is 65.1 cm³/mol. The second-order valence-electron chi connectivity index (χ2n) is 3.93. The Labute approximate surface area is 93.3 Å². The summed E-state index contributed by atoms with van der Waals surface area (Å²) in [6.07, 6.45) is 3.18. The molecule has 0 saturated carbocycles.